The van der Waals surface area contributed by atoms with Gasteiger partial charge >= 0.3 is 0 Å². The van der Waals surface area contributed by atoms with Crippen LogP contribution in [-0.4, -0.2) is 33.4 Å². The molecule has 0 spiro atoms. The number of carbonyl (C=O) groups is 4. The van der Waals surface area contributed by atoms with Gasteiger partial charge in [-0.05, 0) is 55.0 Å². The van der Waals surface area contributed by atoms with Gasteiger partial charge in [0.05, 0.1) is 18.4 Å². The molecule has 1 aliphatic heterocycles. The number of ketones is 2. The minimum atomic E-state index is -0.565. The zero-order valence-corrected chi connectivity index (χ0v) is 19.8. The highest BCUT2D eigenvalue weighted by Gasteiger charge is 2.56. The van der Waals surface area contributed by atoms with E-state index in [0.29, 0.717) is 23.1 Å². The van der Waals surface area contributed by atoms with Crippen LogP contribution in [0.5, 0.6) is 5.75 Å². The van der Waals surface area contributed by atoms with E-state index in [1.165, 1.54) is 11.0 Å². The van der Waals surface area contributed by atoms with Crippen LogP contribution in [0.1, 0.15) is 36.8 Å². The van der Waals surface area contributed by atoms with Crippen molar-refractivity contribution in [1.82, 2.24) is 4.90 Å². The van der Waals surface area contributed by atoms with Crippen LogP contribution in [-0.2, 0) is 25.7 Å². The number of hydrogen-bond acceptors (Lipinski definition) is 5. The Morgan fingerprint density at radius 2 is 1.64 bits per heavy atom. The Morgan fingerprint density at radius 1 is 0.917 bits per heavy atom. The fraction of sp³-hybridized carbons (Fsp3) is 0.267. The SMILES string of the molecule is CC1=CC(=O)C2=C(C1=O)C(c1ccc(O)cc1)C1=CCC3C(=O)N(Cc4ccccc4)C(=O)C3C1C2. The first-order chi connectivity index (χ1) is 17.3. The topological polar surface area (TPSA) is 91.8 Å². The zero-order chi connectivity index (χ0) is 25.1. The fourth-order valence-electron chi connectivity index (χ4n) is 6.39. The lowest BCUT2D eigenvalue weighted by atomic mass is 9.59. The van der Waals surface area contributed by atoms with Crippen LogP contribution in [0, 0.1) is 17.8 Å². The van der Waals surface area contributed by atoms with Gasteiger partial charge in [-0.1, -0.05) is 54.1 Å². The van der Waals surface area contributed by atoms with Crippen molar-refractivity contribution in [3.8, 4) is 5.75 Å². The smallest absolute Gasteiger partial charge is 0.234 e. The molecule has 4 aliphatic rings. The summed E-state index contributed by atoms with van der Waals surface area (Å²) in [5.74, 6) is -2.52. The molecule has 36 heavy (non-hydrogen) atoms. The summed E-state index contributed by atoms with van der Waals surface area (Å²) in [6.45, 7) is 1.87. The maximum Gasteiger partial charge on any atom is 0.234 e. The number of allylic oxidation sites excluding steroid dienone is 6. The third kappa shape index (κ3) is 3.32. The molecule has 2 amide bonds. The van der Waals surface area contributed by atoms with Crippen molar-refractivity contribution in [2.45, 2.75) is 32.2 Å². The molecule has 3 aliphatic carbocycles. The first-order valence-electron chi connectivity index (χ1n) is 12.2. The van der Waals surface area contributed by atoms with Gasteiger partial charge in [-0.25, -0.2) is 0 Å². The van der Waals surface area contributed by atoms with Crippen LogP contribution >= 0.6 is 0 Å². The number of phenolic OH excluding ortho intramolecular Hbond substituents is 1. The van der Waals surface area contributed by atoms with Crippen LogP contribution in [0.3, 0.4) is 0 Å². The van der Waals surface area contributed by atoms with Crippen molar-refractivity contribution in [1.29, 1.82) is 0 Å². The van der Waals surface area contributed by atoms with Gasteiger partial charge in [0.25, 0.3) is 0 Å². The van der Waals surface area contributed by atoms with E-state index >= 15 is 0 Å². The average molecular weight is 480 g/mol. The molecule has 1 fully saturated rings. The van der Waals surface area contributed by atoms with Gasteiger partial charge in [0.2, 0.25) is 11.8 Å². The molecule has 4 atom stereocenters. The number of likely N-dealkylation sites (tertiary alicyclic amines) is 1. The summed E-state index contributed by atoms with van der Waals surface area (Å²) < 4.78 is 0. The molecular weight excluding hydrogens is 454 g/mol. The molecule has 0 radical (unpaired) electrons. The quantitative estimate of drug-likeness (QED) is 0.408. The number of fused-ring (bicyclic) bond motifs is 3. The van der Waals surface area contributed by atoms with Crippen molar-refractivity contribution < 1.29 is 24.3 Å². The standard InChI is InChI=1S/C30H25NO5/c1-16-13-24(33)23-14-22-20(25(27(23)28(16)34)18-7-9-19(32)10-8-18)11-12-21-26(22)30(36)31(29(21)35)15-17-5-3-2-4-6-17/h2-11,13,21-22,25-26,32H,12,14-15H2,1H3. The minimum Gasteiger partial charge on any atom is -0.508 e. The first-order valence-corrected chi connectivity index (χ1v) is 12.2. The molecule has 2 aromatic rings. The van der Waals surface area contributed by atoms with Gasteiger partial charge in [0.1, 0.15) is 5.75 Å². The molecule has 1 heterocycles. The molecule has 0 saturated carbocycles. The molecule has 6 nitrogen and oxygen atoms in total. The van der Waals surface area contributed by atoms with E-state index in [1.54, 1.807) is 31.2 Å². The van der Waals surface area contributed by atoms with Gasteiger partial charge < -0.3 is 5.11 Å². The molecule has 6 rings (SSSR count). The highest BCUT2D eigenvalue weighted by atomic mass is 16.3. The summed E-state index contributed by atoms with van der Waals surface area (Å²) in [4.78, 5) is 54.9. The second-order valence-electron chi connectivity index (χ2n) is 10.1. The molecule has 0 bridgehead atoms. The number of aromatic hydroxyl groups is 1. The van der Waals surface area contributed by atoms with Crippen LogP contribution in [0.4, 0.5) is 0 Å². The third-order valence-electron chi connectivity index (χ3n) is 8.07. The normalized spacial score (nSPS) is 27.4. The van der Waals surface area contributed by atoms with E-state index in [1.807, 2.05) is 36.4 Å². The molecule has 1 saturated heterocycles. The van der Waals surface area contributed by atoms with Gasteiger partial charge in [0.15, 0.2) is 11.6 Å². The van der Waals surface area contributed by atoms with Crippen molar-refractivity contribution in [3.05, 3.63) is 100 Å². The number of phenols is 1. The van der Waals surface area contributed by atoms with Gasteiger partial charge in [-0.15, -0.1) is 0 Å². The van der Waals surface area contributed by atoms with E-state index in [4.69, 9.17) is 0 Å². The lowest BCUT2D eigenvalue weighted by Gasteiger charge is -2.42. The molecule has 4 unspecified atom stereocenters. The maximum absolute atomic E-state index is 13.7. The summed E-state index contributed by atoms with van der Waals surface area (Å²) in [6, 6.07) is 16.1. The molecule has 180 valence electrons. The van der Waals surface area contributed by atoms with Crippen molar-refractivity contribution >= 4 is 23.4 Å². The summed E-state index contributed by atoms with van der Waals surface area (Å²) in [7, 11) is 0. The Labute approximate surface area is 208 Å². The number of Topliss-reactive ketones (excluding diaryl/α,β-unsaturated/α-hetero) is 1. The van der Waals surface area contributed by atoms with Crippen LogP contribution in [0.15, 0.2) is 89.0 Å². The molecule has 6 heteroatoms. The van der Waals surface area contributed by atoms with Gasteiger partial charge in [-0.2, -0.15) is 0 Å². The lowest BCUT2D eigenvalue weighted by molar-refractivity contribution is -0.140. The number of carbonyl (C=O) groups excluding carboxylic acids is 4. The predicted octanol–water partition coefficient (Wildman–Crippen LogP) is 4.02. The third-order valence-corrected chi connectivity index (χ3v) is 8.07. The highest BCUT2D eigenvalue weighted by Crippen LogP contribution is 2.55. The van der Waals surface area contributed by atoms with Crippen molar-refractivity contribution in [2.24, 2.45) is 17.8 Å². The second-order valence-corrected chi connectivity index (χ2v) is 10.1. The summed E-state index contributed by atoms with van der Waals surface area (Å²) in [5.41, 5.74) is 3.88. The van der Waals surface area contributed by atoms with Gasteiger partial charge in [0, 0.05) is 22.6 Å². The highest BCUT2D eigenvalue weighted by molar-refractivity contribution is 6.23. The number of hydrogen-bond donors (Lipinski definition) is 1. The number of rotatable bonds is 3. The van der Waals surface area contributed by atoms with E-state index in [0.717, 1.165) is 16.7 Å². The molecule has 0 aromatic heterocycles. The van der Waals surface area contributed by atoms with E-state index < -0.39 is 17.8 Å². The lowest BCUT2D eigenvalue weighted by Crippen LogP contribution is -2.39. The zero-order valence-electron chi connectivity index (χ0n) is 19.8. The largest absolute Gasteiger partial charge is 0.508 e. The Bertz CT molecular complexity index is 1410. The number of amides is 2. The molecule has 2 aromatic carbocycles. The monoisotopic (exact) mass is 479 g/mol. The molecule has 1 N–H and O–H groups in total. The summed E-state index contributed by atoms with van der Waals surface area (Å²) in [6.07, 6.45) is 4.08. The first kappa shape index (κ1) is 22.4. The van der Waals surface area contributed by atoms with Crippen molar-refractivity contribution in [2.75, 3.05) is 0 Å². The van der Waals surface area contributed by atoms with Crippen LogP contribution in [0.25, 0.3) is 0 Å². The summed E-state index contributed by atoms with van der Waals surface area (Å²) >= 11 is 0. The average Bonchev–Trinajstić information content (AvgIpc) is 3.12. The van der Waals surface area contributed by atoms with Crippen molar-refractivity contribution in [3.63, 3.8) is 0 Å². The van der Waals surface area contributed by atoms with E-state index in [-0.39, 0.29) is 48.0 Å². The minimum absolute atomic E-state index is 0.105. The molecular formula is C30H25NO5. The van der Waals surface area contributed by atoms with Crippen LogP contribution in [0.2, 0.25) is 0 Å². The second kappa shape index (κ2) is 8.26. The summed E-state index contributed by atoms with van der Waals surface area (Å²) in [5, 5.41) is 9.85. The maximum atomic E-state index is 13.7. The van der Waals surface area contributed by atoms with E-state index in [9.17, 15) is 24.3 Å². The fourth-order valence-corrected chi connectivity index (χ4v) is 6.39. The Kier molecular flexibility index (Phi) is 5.14. The Hall–Kier alpha value is -4.06. The Balaban J connectivity index is 1.44. The number of benzene rings is 2. The number of nitrogens with zero attached hydrogens (tertiary/aromatic N) is 1. The van der Waals surface area contributed by atoms with E-state index in [2.05, 4.69) is 0 Å². The number of imide groups is 1. The van der Waals surface area contributed by atoms with Gasteiger partial charge in [-0.3, -0.25) is 24.1 Å². The van der Waals surface area contributed by atoms with Crippen LogP contribution < -0.4 is 0 Å². The Morgan fingerprint density at radius 3 is 2.36 bits per heavy atom. The predicted molar refractivity (Wildman–Crippen MR) is 131 cm³/mol.